The van der Waals surface area contributed by atoms with Gasteiger partial charge in [0.05, 0.1) is 30.4 Å². The lowest BCUT2D eigenvalue weighted by molar-refractivity contribution is -0.121. The number of imide groups is 1. The molecule has 1 aromatic heterocycles. The summed E-state index contributed by atoms with van der Waals surface area (Å²) in [6.45, 7) is 6.86. The number of aliphatic hydroxyl groups is 1. The van der Waals surface area contributed by atoms with Crippen molar-refractivity contribution < 1.29 is 24.2 Å². The number of aromatic amines is 1. The molecule has 2 fully saturated rings. The Morgan fingerprint density at radius 3 is 2.75 bits per heavy atom. The van der Waals surface area contributed by atoms with E-state index < -0.39 is 23.8 Å². The van der Waals surface area contributed by atoms with Gasteiger partial charge in [-0.1, -0.05) is 12.1 Å². The third-order valence-electron chi connectivity index (χ3n) is 5.81. The van der Waals surface area contributed by atoms with Crippen LogP contribution in [0.1, 0.15) is 50.8 Å². The highest BCUT2D eigenvalue weighted by atomic mass is 16.6. The summed E-state index contributed by atoms with van der Waals surface area (Å²) in [6.07, 6.45) is -0.222. The Hall–Kier alpha value is -3.14. The van der Waals surface area contributed by atoms with Gasteiger partial charge in [-0.15, -0.1) is 0 Å². The molecule has 2 aliphatic heterocycles. The molecule has 32 heavy (non-hydrogen) atoms. The Kier molecular flexibility index (Phi) is 5.81. The second-order valence-electron chi connectivity index (χ2n) is 9.39. The summed E-state index contributed by atoms with van der Waals surface area (Å²) < 4.78 is 5.41. The standard InChI is InChI=1S/C22H29N5O5/c1-22(2,3)32-21(31)27-8-6-14(18(28)12-27)13-4-5-15-16(10-13)24-25-17(15)11-26-9-7-19(29)23-20(26)30/h4-5,10,14,18,28H,6-9,11-12H2,1-3H3,(H,24,25)(H,23,29,30)/t14-,18-/m1/s1. The van der Waals surface area contributed by atoms with Crippen LogP contribution in [0.2, 0.25) is 0 Å². The lowest BCUT2D eigenvalue weighted by Crippen LogP contribution is -2.48. The van der Waals surface area contributed by atoms with Crippen LogP contribution < -0.4 is 5.32 Å². The minimum Gasteiger partial charge on any atom is -0.444 e. The normalized spacial score (nSPS) is 22.2. The third kappa shape index (κ3) is 4.69. The van der Waals surface area contributed by atoms with Crippen molar-refractivity contribution in [2.75, 3.05) is 19.6 Å². The maximum absolute atomic E-state index is 12.3. The monoisotopic (exact) mass is 443 g/mol. The number of amides is 4. The van der Waals surface area contributed by atoms with Crippen molar-refractivity contribution >= 4 is 28.9 Å². The minimum atomic E-state index is -0.707. The first-order valence-electron chi connectivity index (χ1n) is 10.8. The quantitative estimate of drug-likeness (QED) is 0.666. The number of rotatable bonds is 3. The lowest BCUT2D eigenvalue weighted by atomic mass is 9.86. The molecule has 2 aromatic rings. The molecule has 0 bridgehead atoms. The number of nitrogens with zero attached hydrogens (tertiary/aromatic N) is 3. The van der Waals surface area contributed by atoms with E-state index in [2.05, 4.69) is 15.5 Å². The number of carbonyl (C=O) groups excluding carboxylic acids is 3. The van der Waals surface area contributed by atoms with Crippen molar-refractivity contribution in [3.05, 3.63) is 29.5 Å². The molecule has 2 atom stereocenters. The zero-order chi connectivity index (χ0) is 23.0. The van der Waals surface area contributed by atoms with E-state index in [1.54, 1.807) is 9.80 Å². The van der Waals surface area contributed by atoms with Gasteiger partial charge in [-0.05, 0) is 38.8 Å². The SMILES string of the molecule is CC(C)(C)OC(=O)N1CC[C@H](c2ccc3c(CN4CCC(=O)NC4=O)[nH]nc3c2)[C@H](O)C1. The van der Waals surface area contributed by atoms with Crippen LogP contribution in [0.5, 0.6) is 0 Å². The largest absolute Gasteiger partial charge is 0.444 e. The highest BCUT2D eigenvalue weighted by Gasteiger charge is 2.33. The van der Waals surface area contributed by atoms with E-state index in [0.717, 1.165) is 22.2 Å². The number of aliphatic hydroxyl groups excluding tert-OH is 1. The van der Waals surface area contributed by atoms with E-state index in [1.807, 2.05) is 39.0 Å². The number of ether oxygens (including phenoxy) is 1. The molecule has 4 rings (SSSR count). The number of likely N-dealkylation sites (tertiary alicyclic amines) is 1. The van der Waals surface area contributed by atoms with E-state index in [4.69, 9.17) is 4.74 Å². The van der Waals surface area contributed by atoms with Crippen LogP contribution in [0.15, 0.2) is 18.2 Å². The molecule has 10 nitrogen and oxygen atoms in total. The summed E-state index contributed by atoms with van der Waals surface area (Å²) in [5, 5.41) is 21.3. The Labute approximate surface area is 185 Å². The van der Waals surface area contributed by atoms with Crippen LogP contribution in [0.25, 0.3) is 10.9 Å². The fraction of sp³-hybridized carbons (Fsp3) is 0.545. The van der Waals surface area contributed by atoms with Crippen LogP contribution in [0.4, 0.5) is 9.59 Å². The molecule has 0 saturated carbocycles. The average molecular weight is 444 g/mol. The molecule has 0 spiro atoms. The van der Waals surface area contributed by atoms with E-state index in [9.17, 15) is 19.5 Å². The number of hydrogen-bond donors (Lipinski definition) is 3. The average Bonchev–Trinajstić information content (AvgIpc) is 3.10. The van der Waals surface area contributed by atoms with Crippen LogP contribution in [-0.4, -0.2) is 74.5 Å². The van der Waals surface area contributed by atoms with Crippen LogP contribution in [0, 0.1) is 0 Å². The maximum atomic E-state index is 12.3. The molecule has 3 N–H and O–H groups in total. The lowest BCUT2D eigenvalue weighted by Gasteiger charge is -2.36. The molecule has 1 aromatic carbocycles. The number of carbonyl (C=O) groups is 3. The number of fused-ring (bicyclic) bond motifs is 1. The predicted octanol–water partition coefficient (Wildman–Crippen LogP) is 2.09. The smallest absolute Gasteiger partial charge is 0.410 e. The summed E-state index contributed by atoms with van der Waals surface area (Å²) >= 11 is 0. The minimum absolute atomic E-state index is 0.114. The van der Waals surface area contributed by atoms with Gasteiger partial charge in [-0.3, -0.25) is 15.2 Å². The molecule has 3 heterocycles. The number of β-amino-alcohol motifs (C(OH)–C–C–N with tert-alkyl or cyclic N) is 1. The Bertz CT molecular complexity index is 1040. The van der Waals surface area contributed by atoms with Gasteiger partial charge in [-0.2, -0.15) is 5.10 Å². The molecular weight excluding hydrogens is 414 g/mol. The highest BCUT2D eigenvalue weighted by molar-refractivity contribution is 5.96. The summed E-state index contributed by atoms with van der Waals surface area (Å²) in [4.78, 5) is 38.8. The summed E-state index contributed by atoms with van der Waals surface area (Å²) in [5.41, 5.74) is 1.91. The molecule has 0 unspecified atom stereocenters. The van der Waals surface area contributed by atoms with Crippen molar-refractivity contribution in [3.8, 4) is 0 Å². The molecule has 0 radical (unpaired) electrons. The number of aromatic nitrogens is 2. The maximum Gasteiger partial charge on any atom is 0.410 e. The molecule has 2 saturated heterocycles. The number of piperidine rings is 1. The van der Waals surface area contributed by atoms with Gasteiger partial charge in [0, 0.05) is 30.8 Å². The fourth-order valence-electron chi connectivity index (χ4n) is 4.19. The molecule has 2 aliphatic rings. The van der Waals surface area contributed by atoms with Crippen molar-refractivity contribution in [1.82, 2.24) is 25.3 Å². The van der Waals surface area contributed by atoms with Gasteiger partial charge >= 0.3 is 12.1 Å². The zero-order valence-electron chi connectivity index (χ0n) is 18.6. The van der Waals surface area contributed by atoms with Crippen molar-refractivity contribution in [3.63, 3.8) is 0 Å². The Balaban J connectivity index is 1.44. The van der Waals surface area contributed by atoms with Crippen molar-refractivity contribution in [1.29, 1.82) is 0 Å². The second-order valence-corrected chi connectivity index (χ2v) is 9.39. The first kappa shape index (κ1) is 22.1. The molecule has 10 heteroatoms. The van der Waals surface area contributed by atoms with Crippen molar-refractivity contribution in [2.24, 2.45) is 0 Å². The van der Waals surface area contributed by atoms with Crippen molar-refractivity contribution in [2.45, 2.75) is 57.8 Å². The Morgan fingerprint density at radius 2 is 2.06 bits per heavy atom. The van der Waals surface area contributed by atoms with E-state index in [-0.39, 0.29) is 24.8 Å². The number of benzene rings is 1. The second kappa shape index (κ2) is 8.42. The Morgan fingerprint density at radius 1 is 1.28 bits per heavy atom. The van der Waals surface area contributed by atoms with Gasteiger partial charge in [-0.25, -0.2) is 9.59 Å². The fourth-order valence-corrected chi connectivity index (χ4v) is 4.19. The van der Waals surface area contributed by atoms with Gasteiger partial charge < -0.3 is 19.6 Å². The van der Waals surface area contributed by atoms with Crippen LogP contribution >= 0.6 is 0 Å². The topological polar surface area (TPSA) is 128 Å². The van der Waals surface area contributed by atoms with Gasteiger partial charge in [0.25, 0.3) is 0 Å². The third-order valence-corrected chi connectivity index (χ3v) is 5.81. The number of hydrogen-bond acceptors (Lipinski definition) is 6. The summed E-state index contributed by atoms with van der Waals surface area (Å²) in [6, 6.07) is 5.42. The molecule has 4 amide bonds. The zero-order valence-corrected chi connectivity index (χ0v) is 18.6. The first-order chi connectivity index (χ1) is 15.1. The number of urea groups is 1. The highest BCUT2D eigenvalue weighted by Crippen LogP contribution is 2.31. The van der Waals surface area contributed by atoms with Gasteiger partial charge in [0.1, 0.15) is 5.60 Å². The number of H-pyrrole nitrogens is 1. The van der Waals surface area contributed by atoms with Crippen LogP contribution in [-0.2, 0) is 16.1 Å². The molecule has 0 aliphatic carbocycles. The van der Waals surface area contributed by atoms with E-state index in [0.29, 0.717) is 26.1 Å². The van der Waals surface area contributed by atoms with E-state index >= 15 is 0 Å². The molecular formula is C22H29N5O5. The van der Waals surface area contributed by atoms with Crippen LogP contribution in [0.3, 0.4) is 0 Å². The molecule has 172 valence electrons. The first-order valence-corrected chi connectivity index (χ1v) is 10.8. The summed E-state index contributed by atoms with van der Waals surface area (Å²) in [5.74, 6) is -0.376. The van der Waals surface area contributed by atoms with Gasteiger partial charge in [0.15, 0.2) is 0 Å². The van der Waals surface area contributed by atoms with E-state index in [1.165, 1.54) is 0 Å². The number of nitrogens with one attached hydrogen (secondary N) is 2. The van der Waals surface area contributed by atoms with Gasteiger partial charge in [0.2, 0.25) is 5.91 Å². The predicted molar refractivity (Wildman–Crippen MR) is 116 cm³/mol. The summed E-state index contributed by atoms with van der Waals surface area (Å²) in [7, 11) is 0.